The van der Waals surface area contributed by atoms with E-state index in [1.807, 2.05) is 31.2 Å². The molecule has 0 aliphatic carbocycles. The molecule has 1 N–H and O–H groups in total. The molecule has 0 radical (unpaired) electrons. The molecule has 0 saturated carbocycles. The van der Waals surface area contributed by atoms with Crippen LogP contribution in [-0.4, -0.2) is 19.1 Å². The molecule has 2 rings (SSSR count). The number of hydrogen-bond donors (Lipinski definition) is 1. The summed E-state index contributed by atoms with van der Waals surface area (Å²) in [5, 5.41) is 3.04. The fourth-order valence-corrected chi connectivity index (χ4v) is 1.26. The van der Waals surface area contributed by atoms with Crippen LogP contribution in [0.3, 0.4) is 0 Å². The molecule has 0 unspecified atom stereocenters. The number of esters is 1. The van der Waals surface area contributed by atoms with Crippen molar-refractivity contribution in [2.45, 2.75) is 6.92 Å². The van der Waals surface area contributed by atoms with Gasteiger partial charge >= 0.3 is 5.97 Å². The van der Waals surface area contributed by atoms with E-state index in [1.165, 1.54) is 0 Å². The highest BCUT2D eigenvalue weighted by Gasteiger charge is 2.26. The summed E-state index contributed by atoms with van der Waals surface area (Å²) in [7, 11) is 0. The third-order valence-corrected chi connectivity index (χ3v) is 2.35. The van der Waals surface area contributed by atoms with E-state index in [-0.39, 0.29) is 11.9 Å². The lowest BCUT2D eigenvalue weighted by atomic mass is 10.0. The third kappa shape index (κ3) is 1.93. The van der Waals surface area contributed by atoms with Gasteiger partial charge < -0.3 is 10.1 Å². The number of benzene rings is 1. The molecule has 14 heavy (non-hydrogen) atoms. The van der Waals surface area contributed by atoms with E-state index in [4.69, 9.17) is 4.74 Å². The molecule has 1 heterocycles. The van der Waals surface area contributed by atoms with E-state index < -0.39 is 0 Å². The van der Waals surface area contributed by atoms with Crippen molar-refractivity contribution < 1.29 is 9.53 Å². The lowest BCUT2D eigenvalue weighted by Crippen LogP contribution is -2.48. The Morgan fingerprint density at radius 1 is 1.36 bits per heavy atom. The summed E-state index contributed by atoms with van der Waals surface area (Å²) in [5.41, 5.74) is 1.16. The Morgan fingerprint density at radius 3 is 2.50 bits per heavy atom. The Labute approximate surface area is 83.1 Å². The Hall–Kier alpha value is -1.35. The first kappa shape index (κ1) is 9.21. The number of ether oxygens (including phenoxy) is 1. The summed E-state index contributed by atoms with van der Waals surface area (Å²) >= 11 is 0. The van der Waals surface area contributed by atoms with Crippen molar-refractivity contribution >= 4 is 5.97 Å². The van der Waals surface area contributed by atoms with E-state index in [9.17, 15) is 4.79 Å². The highest BCUT2D eigenvalue weighted by molar-refractivity contribution is 5.76. The number of rotatable bonds is 2. The quantitative estimate of drug-likeness (QED) is 0.562. The maximum atomic E-state index is 11.4. The Morgan fingerprint density at radius 2 is 2.00 bits per heavy atom. The Bertz CT molecular complexity index is 328. The van der Waals surface area contributed by atoms with Gasteiger partial charge in [0.1, 0.15) is 5.75 Å². The number of carbonyl (C=O) groups excluding carboxylic acids is 1. The lowest BCUT2D eigenvalue weighted by Gasteiger charge is -2.24. The molecule has 0 bridgehead atoms. The van der Waals surface area contributed by atoms with Crippen LogP contribution >= 0.6 is 0 Å². The zero-order valence-electron chi connectivity index (χ0n) is 8.12. The van der Waals surface area contributed by atoms with Gasteiger partial charge in [-0.1, -0.05) is 17.7 Å². The number of carbonyl (C=O) groups is 1. The second-order valence-corrected chi connectivity index (χ2v) is 3.59. The van der Waals surface area contributed by atoms with Crippen LogP contribution in [0.1, 0.15) is 5.56 Å². The average molecular weight is 191 g/mol. The SMILES string of the molecule is Cc1ccc(OC(=O)C2CNC2)cc1. The molecule has 1 aliphatic heterocycles. The average Bonchev–Trinajstić information content (AvgIpc) is 2.06. The molecule has 1 fully saturated rings. The molecule has 1 aromatic rings. The van der Waals surface area contributed by atoms with Gasteiger partial charge in [-0.05, 0) is 19.1 Å². The van der Waals surface area contributed by atoms with E-state index >= 15 is 0 Å². The lowest BCUT2D eigenvalue weighted by molar-refractivity contribution is -0.140. The monoisotopic (exact) mass is 191 g/mol. The van der Waals surface area contributed by atoms with Gasteiger partial charge in [0.15, 0.2) is 0 Å². The van der Waals surface area contributed by atoms with Gasteiger partial charge in [0, 0.05) is 13.1 Å². The van der Waals surface area contributed by atoms with Gasteiger partial charge in [0.05, 0.1) is 5.92 Å². The summed E-state index contributed by atoms with van der Waals surface area (Å²) < 4.78 is 5.19. The van der Waals surface area contributed by atoms with Crippen molar-refractivity contribution in [3.8, 4) is 5.75 Å². The maximum Gasteiger partial charge on any atom is 0.316 e. The summed E-state index contributed by atoms with van der Waals surface area (Å²) in [6.07, 6.45) is 0. The van der Waals surface area contributed by atoms with Crippen molar-refractivity contribution in [3.63, 3.8) is 0 Å². The maximum absolute atomic E-state index is 11.4. The van der Waals surface area contributed by atoms with Crippen LogP contribution in [0, 0.1) is 12.8 Å². The highest BCUT2D eigenvalue weighted by atomic mass is 16.5. The molecule has 1 aliphatic rings. The summed E-state index contributed by atoms with van der Waals surface area (Å²) in [6.45, 7) is 3.48. The van der Waals surface area contributed by atoms with Crippen LogP contribution < -0.4 is 10.1 Å². The first-order chi connectivity index (χ1) is 6.75. The molecular formula is C11H13NO2. The van der Waals surface area contributed by atoms with Crippen LogP contribution in [0.25, 0.3) is 0 Å². The van der Waals surface area contributed by atoms with E-state index in [1.54, 1.807) is 0 Å². The Balaban J connectivity index is 1.96. The second kappa shape index (κ2) is 3.80. The van der Waals surface area contributed by atoms with Crippen molar-refractivity contribution in [1.29, 1.82) is 0 Å². The van der Waals surface area contributed by atoms with Crippen LogP contribution in [-0.2, 0) is 4.79 Å². The molecule has 3 nitrogen and oxygen atoms in total. The summed E-state index contributed by atoms with van der Waals surface area (Å²) in [6, 6.07) is 7.50. The molecule has 3 heteroatoms. The van der Waals surface area contributed by atoms with Crippen LogP contribution in [0.15, 0.2) is 24.3 Å². The molecule has 0 atom stereocenters. The zero-order chi connectivity index (χ0) is 9.97. The van der Waals surface area contributed by atoms with E-state index in [0.29, 0.717) is 5.75 Å². The molecular weight excluding hydrogens is 178 g/mol. The Kier molecular flexibility index (Phi) is 2.50. The normalized spacial score (nSPS) is 16.1. The van der Waals surface area contributed by atoms with E-state index in [0.717, 1.165) is 18.7 Å². The van der Waals surface area contributed by atoms with Crippen molar-refractivity contribution in [1.82, 2.24) is 5.32 Å². The predicted molar refractivity (Wildman–Crippen MR) is 53.2 cm³/mol. The number of hydrogen-bond acceptors (Lipinski definition) is 3. The smallest absolute Gasteiger partial charge is 0.316 e. The van der Waals surface area contributed by atoms with Gasteiger partial charge in [0.2, 0.25) is 0 Å². The van der Waals surface area contributed by atoms with Gasteiger partial charge in [-0.15, -0.1) is 0 Å². The molecule has 1 saturated heterocycles. The molecule has 1 aromatic carbocycles. The van der Waals surface area contributed by atoms with Gasteiger partial charge in [-0.3, -0.25) is 4.79 Å². The molecule has 0 aromatic heterocycles. The highest BCUT2D eigenvalue weighted by Crippen LogP contribution is 2.14. The van der Waals surface area contributed by atoms with Crippen LogP contribution in [0.2, 0.25) is 0 Å². The van der Waals surface area contributed by atoms with E-state index in [2.05, 4.69) is 5.32 Å². The minimum atomic E-state index is -0.132. The predicted octanol–water partition coefficient (Wildman–Crippen LogP) is 1.12. The van der Waals surface area contributed by atoms with Gasteiger partial charge in [-0.2, -0.15) is 0 Å². The molecule has 74 valence electrons. The van der Waals surface area contributed by atoms with Crippen molar-refractivity contribution in [3.05, 3.63) is 29.8 Å². The minimum Gasteiger partial charge on any atom is -0.426 e. The van der Waals surface area contributed by atoms with Crippen molar-refractivity contribution in [2.24, 2.45) is 5.92 Å². The van der Waals surface area contributed by atoms with Gasteiger partial charge in [-0.25, -0.2) is 0 Å². The first-order valence-electron chi connectivity index (χ1n) is 4.75. The largest absolute Gasteiger partial charge is 0.426 e. The van der Waals surface area contributed by atoms with Crippen LogP contribution in [0.5, 0.6) is 5.75 Å². The fourth-order valence-electron chi connectivity index (χ4n) is 1.26. The summed E-state index contributed by atoms with van der Waals surface area (Å²) in [5.74, 6) is 0.538. The standard InChI is InChI=1S/C11H13NO2/c1-8-2-4-10(5-3-8)14-11(13)9-6-12-7-9/h2-5,9,12H,6-7H2,1H3. The summed E-state index contributed by atoms with van der Waals surface area (Å²) in [4.78, 5) is 11.4. The minimum absolute atomic E-state index is 0.0382. The first-order valence-corrected chi connectivity index (χ1v) is 4.75. The number of nitrogens with one attached hydrogen (secondary N) is 1. The topological polar surface area (TPSA) is 38.3 Å². The van der Waals surface area contributed by atoms with Crippen molar-refractivity contribution in [2.75, 3.05) is 13.1 Å². The third-order valence-electron chi connectivity index (χ3n) is 2.35. The fraction of sp³-hybridized carbons (Fsp3) is 0.364. The molecule has 0 amide bonds. The second-order valence-electron chi connectivity index (χ2n) is 3.59. The van der Waals surface area contributed by atoms with Crippen LogP contribution in [0.4, 0.5) is 0 Å². The van der Waals surface area contributed by atoms with Gasteiger partial charge in [0.25, 0.3) is 0 Å². The molecule has 0 spiro atoms. The zero-order valence-corrected chi connectivity index (χ0v) is 8.12. The number of aryl methyl sites for hydroxylation is 1.